The van der Waals surface area contributed by atoms with Crippen LogP contribution in [0.1, 0.15) is 6.42 Å². The number of aryl methyl sites for hydroxylation is 1. The first kappa shape index (κ1) is 17.9. The smallest absolute Gasteiger partial charge is 0.370 e. The minimum atomic E-state index is -4.38. The summed E-state index contributed by atoms with van der Waals surface area (Å²) in [5, 5.41) is 2.89. The molecule has 6 nitrogen and oxygen atoms in total. The monoisotopic (exact) mass is 343 g/mol. The number of carbonyl (C=O) groups is 1. The van der Waals surface area contributed by atoms with Gasteiger partial charge in [-0.25, -0.2) is 4.98 Å². The maximum absolute atomic E-state index is 12.2. The maximum atomic E-state index is 12.2. The third kappa shape index (κ3) is 5.34. The SMILES string of the molecule is O=C(CCn1cnc2ccccc2c1=O)NCCOCC(F)(F)F. The zero-order valence-electron chi connectivity index (χ0n) is 12.7. The highest BCUT2D eigenvalue weighted by Crippen LogP contribution is 2.13. The molecule has 9 heteroatoms. The van der Waals surface area contributed by atoms with Crippen molar-refractivity contribution < 1.29 is 22.7 Å². The molecule has 1 aromatic heterocycles. The summed E-state index contributed by atoms with van der Waals surface area (Å²) in [5.41, 5.74) is 0.326. The number of para-hydroxylation sites is 1. The van der Waals surface area contributed by atoms with Gasteiger partial charge in [-0.2, -0.15) is 13.2 Å². The van der Waals surface area contributed by atoms with E-state index in [4.69, 9.17) is 0 Å². The van der Waals surface area contributed by atoms with Gasteiger partial charge in [0.05, 0.1) is 23.8 Å². The Labute approximate surface area is 135 Å². The molecule has 0 aliphatic carbocycles. The van der Waals surface area contributed by atoms with Gasteiger partial charge in [-0.15, -0.1) is 0 Å². The van der Waals surface area contributed by atoms with Gasteiger partial charge in [0.2, 0.25) is 5.91 Å². The van der Waals surface area contributed by atoms with Gasteiger partial charge in [0.25, 0.3) is 5.56 Å². The fourth-order valence-electron chi connectivity index (χ4n) is 2.03. The van der Waals surface area contributed by atoms with Gasteiger partial charge >= 0.3 is 6.18 Å². The number of fused-ring (bicyclic) bond motifs is 1. The molecule has 0 aliphatic heterocycles. The van der Waals surface area contributed by atoms with Gasteiger partial charge < -0.3 is 10.1 Å². The highest BCUT2D eigenvalue weighted by atomic mass is 19.4. The Morgan fingerprint density at radius 2 is 2.04 bits per heavy atom. The Morgan fingerprint density at radius 3 is 2.79 bits per heavy atom. The molecule has 0 atom stereocenters. The highest BCUT2D eigenvalue weighted by molar-refractivity contribution is 5.77. The molecule has 0 saturated heterocycles. The van der Waals surface area contributed by atoms with Crippen molar-refractivity contribution in [2.24, 2.45) is 0 Å². The molecule has 1 N–H and O–H groups in total. The van der Waals surface area contributed by atoms with E-state index in [1.165, 1.54) is 10.9 Å². The van der Waals surface area contributed by atoms with E-state index in [2.05, 4.69) is 15.0 Å². The van der Waals surface area contributed by atoms with Gasteiger partial charge in [0, 0.05) is 19.5 Å². The van der Waals surface area contributed by atoms with Gasteiger partial charge in [-0.1, -0.05) is 12.1 Å². The van der Waals surface area contributed by atoms with Gasteiger partial charge in [-0.3, -0.25) is 14.2 Å². The number of amides is 1. The zero-order chi connectivity index (χ0) is 17.6. The Hall–Kier alpha value is -2.42. The second-order valence-electron chi connectivity index (χ2n) is 5.03. The lowest BCUT2D eigenvalue weighted by molar-refractivity contribution is -0.173. The summed E-state index contributed by atoms with van der Waals surface area (Å²) in [6.45, 7) is -1.48. The van der Waals surface area contributed by atoms with Crippen LogP contribution in [0, 0.1) is 0 Å². The highest BCUT2D eigenvalue weighted by Gasteiger charge is 2.27. The van der Waals surface area contributed by atoms with Crippen molar-refractivity contribution in [3.8, 4) is 0 Å². The Morgan fingerprint density at radius 1 is 1.29 bits per heavy atom. The van der Waals surface area contributed by atoms with Crippen LogP contribution in [0.2, 0.25) is 0 Å². The fourth-order valence-corrected chi connectivity index (χ4v) is 2.03. The maximum Gasteiger partial charge on any atom is 0.411 e. The van der Waals surface area contributed by atoms with Crippen molar-refractivity contribution in [3.63, 3.8) is 0 Å². The number of ether oxygens (including phenoxy) is 1. The van der Waals surface area contributed by atoms with Crippen LogP contribution in [-0.2, 0) is 16.1 Å². The summed E-state index contributed by atoms with van der Waals surface area (Å²) in [7, 11) is 0. The standard InChI is InChI=1S/C15H16F3N3O3/c16-15(17,18)9-24-8-6-19-13(22)5-7-21-10-20-12-4-2-1-3-11(12)14(21)23/h1-4,10H,5-9H2,(H,19,22). The van der Waals surface area contributed by atoms with Crippen molar-refractivity contribution in [1.82, 2.24) is 14.9 Å². The van der Waals surface area contributed by atoms with Crippen molar-refractivity contribution in [2.45, 2.75) is 19.1 Å². The summed E-state index contributed by atoms with van der Waals surface area (Å²) in [6.07, 6.45) is -3.00. The molecule has 0 radical (unpaired) electrons. The average molecular weight is 343 g/mol. The minimum Gasteiger partial charge on any atom is -0.370 e. The predicted octanol–water partition coefficient (Wildman–Crippen LogP) is 1.48. The molecule has 1 aromatic carbocycles. The van der Waals surface area contributed by atoms with E-state index >= 15 is 0 Å². The third-order valence-electron chi connectivity index (χ3n) is 3.15. The average Bonchev–Trinajstić information content (AvgIpc) is 2.53. The summed E-state index contributed by atoms with van der Waals surface area (Å²) in [6, 6.07) is 6.87. The number of hydrogen-bond acceptors (Lipinski definition) is 4. The number of halogens is 3. The van der Waals surface area contributed by atoms with Crippen LogP contribution in [-0.4, -0.2) is 41.4 Å². The zero-order valence-corrected chi connectivity index (χ0v) is 12.7. The number of nitrogens with zero attached hydrogens (tertiary/aromatic N) is 2. The van der Waals surface area contributed by atoms with Crippen LogP contribution in [0.4, 0.5) is 13.2 Å². The lowest BCUT2D eigenvalue weighted by atomic mass is 10.2. The molecule has 1 heterocycles. The van der Waals surface area contributed by atoms with E-state index in [1.54, 1.807) is 24.3 Å². The molecule has 1 amide bonds. The van der Waals surface area contributed by atoms with Crippen LogP contribution >= 0.6 is 0 Å². The van der Waals surface area contributed by atoms with Crippen LogP contribution in [0.3, 0.4) is 0 Å². The molecule has 0 bridgehead atoms. The van der Waals surface area contributed by atoms with Crippen LogP contribution in [0.5, 0.6) is 0 Å². The van der Waals surface area contributed by atoms with Crippen LogP contribution in [0.15, 0.2) is 35.4 Å². The van der Waals surface area contributed by atoms with E-state index in [0.717, 1.165) is 0 Å². The molecule has 2 rings (SSSR count). The summed E-state index contributed by atoms with van der Waals surface area (Å²) in [5.74, 6) is -0.384. The molecule has 2 aromatic rings. The van der Waals surface area contributed by atoms with Crippen LogP contribution < -0.4 is 10.9 Å². The topological polar surface area (TPSA) is 73.2 Å². The first-order valence-corrected chi connectivity index (χ1v) is 7.22. The summed E-state index contributed by atoms with van der Waals surface area (Å²) in [4.78, 5) is 28.0. The molecule has 0 saturated carbocycles. The van der Waals surface area contributed by atoms with Gasteiger partial charge in [0.1, 0.15) is 6.61 Å². The molecular weight excluding hydrogens is 327 g/mol. The van der Waals surface area contributed by atoms with Crippen molar-refractivity contribution >= 4 is 16.8 Å². The molecular formula is C15H16F3N3O3. The number of aromatic nitrogens is 2. The van der Waals surface area contributed by atoms with E-state index in [9.17, 15) is 22.8 Å². The quantitative estimate of drug-likeness (QED) is 0.773. The largest absolute Gasteiger partial charge is 0.411 e. The molecule has 0 fully saturated rings. The van der Waals surface area contributed by atoms with E-state index in [0.29, 0.717) is 10.9 Å². The number of hydrogen-bond donors (Lipinski definition) is 1. The fraction of sp³-hybridized carbons (Fsp3) is 0.400. The van der Waals surface area contributed by atoms with Gasteiger partial charge in [-0.05, 0) is 12.1 Å². The third-order valence-corrected chi connectivity index (χ3v) is 3.15. The van der Waals surface area contributed by atoms with Crippen molar-refractivity contribution in [1.29, 1.82) is 0 Å². The molecule has 130 valence electrons. The minimum absolute atomic E-state index is 0.0131. The number of benzene rings is 1. The molecule has 24 heavy (non-hydrogen) atoms. The van der Waals surface area contributed by atoms with Gasteiger partial charge in [0.15, 0.2) is 0 Å². The normalized spacial score (nSPS) is 11.6. The molecule has 0 spiro atoms. The lowest BCUT2D eigenvalue weighted by Gasteiger charge is -2.09. The second kappa shape index (κ2) is 7.91. The number of rotatable bonds is 7. The Balaban J connectivity index is 1.78. The van der Waals surface area contributed by atoms with E-state index in [-0.39, 0.29) is 37.6 Å². The first-order chi connectivity index (χ1) is 11.4. The first-order valence-electron chi connectivity index (χ1n) is 7.22. The Bertz CT molecular complexity index is 759. The van der Waals surface area contributed by atoms with E-state index in [1.807, 2.05) is 0 Å². The summed E-state index contributed by atoms with van der Waals surface area (Å²) >= 11 is 0. The summed E-state index contributed by atoms with van der Waals surface area (Å²) < 4.78 is 41.2. The van der Waals surface area contributed by atoms with Crippen LogP contribution in [0.25, 0.3) is 10.9 Å². The molecule has 0 aliphatic rings. The number of nitrogens with one attached hydrogen (secondary N) is 1. The molecule has 0 unspecified atom stereocenters. The number of alkyl halides is 3. The Kier molecular flexibility index (Phi) is 5.91. The van der Waals surface area contributed by atoms with Crippen molar-refractivity contribution in [3.05, 3.63) is 40.9 Å². The van der Waals surface area contributed by atoms with Crippen molar-refractivity contribution in [2.75, 3.05) is 19.8 Å². The van der Waals surface area contributed by atoms with E-state index < -0.39 is 12.8 Å². The number of carbonyl (C=O) groups excluding carboxylic acids is 1. The predicted molar refractivity (Wildman–Crippen MR) is 80.5 cm³/mol. The second-order valence-corrected chi connectivity index (χ2v) is 5.03. The lowest BCUT2D eigenvalue weighted by Crippen LogP contribution is -2.30.